The number of ether oxygens (including phenoxy) is 1. The number of carbonyl (C=O) groups excluding carboxylic acids is 2. The van der Waals surface area contributed by atoms with Crippen LogP contribution in [0.5, 0.6) is 0 Å². The summed E-state index contributed by atoms with van der Waals surface area (Å²) in [4.78, 5) is 36.5. The maximum Gasteiger partial charge on any atom is 0.266 e. The van der Waals surface area contributed by atoms with Gasteiger partial charge in [0.05, 0.1) is 30.9 Å². The lowest BCUT2D eigenvalue weighted by atomic mass is 9.94. The van der Waals surface area contributed by atoms with Crippen molar-refractivity contribution < 1.29 is 23.6 Å². The van der Waals surface area contributed by atoms with Crippen molar-refractivity contribution in [3.05, 3.63) is 78.8 Å². The molecule has 168 valence electrons. The lowest BCUT2D eigenvalue weighted by Crippen LogP contribution is -2.37. The Bertz CT molecular complexity index is 1140. The maximum atomic E-state index is 13.6. The lowest BCUT2D eigenvalue weighted by Gasteiger charge is -2.29. The van der Waals surface area contributed by atoms with Gasteiger partial charge in [0.2, 0.25) is 5.91 Å². The van der Waals surface area contributed by atoms with Gasteiger partial charge in [-0.2, -0.15) is 0 Å². The lowest BCUT2D eigenvalue weighted by molar-refractivity contribution is -0.126. The number of benzene rings is 2. The average molecular weight is 445 g/mol. The van der Waals surface area contributed by atoms with Crippen LogP contribution >= 0.6 is 0 Å². The van der Waals surface area contributed by atoms with E-state index in [0.717, 1.165) is 24.5 Å². The Morgan fingerprint density at radius 1 is 0.758 bits per heavy atom. The molecule has 1 aromatic heterocycles. The monoisotopic (exact) mass is 445 g/mol. The Labute approximate surface area is 190 Å². The molecule has 8 heteroatoms. The van der Waals surface area contributed by atoms with Crippen molar-refractivity contribution in [2.24, 2.45) is 5.92 Å². The summed E-state index contributed by atoms with van der Waals surface area (Å²) in [5.41, 5.74) is 2.35. The molecule has 0 aliphatic carbocycles. The Morgan fingerprint density at radius 2 is 1.48 bits per heavy atom. The van der Waals surface area contributed by atoms with Crippen LogP contribution < -0.4 is 14.9 Å². The topological polar surface area (TPSA) is 75.5 Å². The summed E-state index contributed by atoms with van der Waals surface area (Å²) in [6.45, 7) is 3.02. The molecule has 0 unspecified atom stereocenters. The van der Waals surface area contributed by atoms with Crippen LogP contribution in [-0.2, 0) is 19.2 Å². The van der Waals surface area contributed by atoms with Crippen LogP contribution in [0.1, 0.15) is 11.8 Å². The van der Waals surface area contributed by atoms with E-state index in [2.05, 4.69) is 4.90 Å². The third-order valence-electron chi connectivity index (χ3n) is 6.44. The van der Waals surface area contributed by atoms with E-state index in [4.69, 9.17) is 14.0 Å². The zero-order valence-corrected chi connectivity index (χ0v) is 17.9. The largest absolute Gasteiger partial charge is 0.467 e. The minimum absolute atomic E-state index is 0.288. The number of anilines is 3. The summed E-state index contributed by atoms with van der Waals surface area (Å²) in [6, 6.07) is 20.0. The summed E-state index contributed by atoms with van der Waals surface area (Å²) in [5.74, 6) is -0.775. The van der Waals surface area contributed by atoms with Crippen LogP contribution in [0, 0.1) is 5.92 Å². The van der Waals surface area contributed by atoms with Gasteiger partial charge in [-0.25, -0.2) is 9.96 Å². The third-order valence-corrected chi connectivity index (χ3v) is 6.44. The number of hydrogen-bond acceptors (Lipinski definition) is 7. The Kier molecular flexibility index (Phi) is 4.89. The number of morpholine rings is 1. The summed E-state index contributed by atoms with van der Waals surface area (Å²) in [5, 5.41) is 1.63. The standard InChI is InChI=1S/C25H23N3O5/c29-24-21-22(20-7-4-14-32-20)28(19-5-2-1-3-6-19)33-23(21)25(30)27(24)18-10-8-17(9-11-18)26-12-15-31-16-13-26/h1-11,14,21-23H,12-13,15-16H2/t21-,22-,23-/m1/s1. The molecule has 0 bridgehead atoms. The molecule has 3 aliphatic rings. The first-order chi connectivity index (χ1) is 16.2. The van der Waals surface area contributed by atoms with Crippen LogP contribution in [-0.4, -0.2) is 44.2 Å². The van der Waals surface area contributed by atoms with Gasteiger partial charge in [0.15, 0.2) is 6.10 Å². The highest BCUT2D eigenvalue weighted by Gasteiger charge is 2.61. The van der Waals surface area contributed by atoms with Crippen LogP contribution in [0.2, 0.25) is 0 Å². The molecule has 6 rings (SSSR count). The van der Waals surface area contributed by atoms with E-state index >= 15 is 0 Å². The van der Waals surface area contributed by atoms with E-state index in [1.54, 1.807) is 17.4 Å². The minimum atomic E-state index is -0.910. The van der Waals surface area contributed by atoms with Crippen molar-refractivity contribution >= 4 is 28.9 Å². The zero-order chi connectivity index (χ0) is 22.4. The molecule has 0 N–H and O–H groups in total. The highest BCUT2D eigenvalue weighted by Crippen LogP contribution is 2.47. The number of fused-ring (bicyclic) bond motifs is 1. The number of furan rings is 1. The number of nitrogens with zero attached hydrogens (tertiary/aromatic N) is 3. The molecule has 2 aromatic carbocycles. The molecule has 3 aromatic rings. The highest BCUT2D eigenvalue weighted by molar-refractivity contribution is 6.23. The predicted octanol–water partition coefficient (Wildman–Crippen LogP) is 3.17. The van der Waals surface area contributed by atoms with E-state index in [9.17, 15) is 9.59 Å². The molecule has 3 fully saturated rings. The summed E-state index contributed by atoms with van der Waals surface area (Å²) >= 11 is 0. The molecule has 3 aliphatic heterocycles. The van der Waals surface area contributed by atoms with Crippen LogP contribution in [0.15, 0.2) is 77.4 Å². The van der Waals surface area contributed by atoms with E-state index < -0.39 is 18.1 Å². The molecule has 3 saturated heterocycles. The number of para-hydroxylation sites is 1. The summed E-state index contributed by atoms with van der Waals surface area (Å²) in [6.07, 6.45) is 0.654. The minimum Gasteiger partial charge on any atom is -0.467 e. The molecule has 0 radical (unpaired) electrons. The molecule has 2 amide bonds. The SMILES string of the molecule is O=C1[C@@H]2[C@@H](c3ccco3)N(c3ccccc3)O[C@H]2C(=O)N1c1ccc(N2CCOCC2)cc1. The van der Waals surface area contributed by atoms with Gasteiger partial charge in [-0.05, 0) is 48.5 Å². The van der Waals surface area contributed by atoms with Crippen molar-refractivity contribution in [1.29, 1.82) is 0 Å². The molecule has 4 heterocycles. The van der Waals surface area contributed by atoms with Gasteiger partial charge in [0.1, 0.15) is 17.7 Å². The fourth-order valence-electron chi connectivity index (χ4n) is 4.85. The first-order valence-electron chi connectivity index (χ1n) is 11.1. The molecular weight excluding hydrogens is 422 g/mol. The van der Waals surface area contributed by atoms with Crippen molar-refractivity contribution in [2.75, 3.05) is 41.2 Å². The number of amides is 2. The molecule has 33 heavy (non-hydrogen) atoms. The fraction of sp³-hybridized carbons (Fsp3) is 0.280. The second-order valence-electron chi connectivity index (χ2n) is 8.30. The van der Waals surface area contributed by atoms with Gasteiger partial charge in [-0.1, -0.05) is 18.2 Å². The molecule has 8 nitrogen and oxygen atoms in total. The second-order valence-corrected chi connectivity index (χ2v) is 8.30. The first-order valence-corrected chi connectivity index (χ1v) is 11.1. The normalized spacial score (nSPS) is 25.1. The average Bonchev–Trinajstić information content (AvgIpc) is 3.58. The quantitative estimate of drug-likeness (QED) is 0.571. The number of hydrogen-bond donors (Lipinski definition) is 0. The van der Waals surface area contributed by atoms with Crippen LogP contribution in [0.3, 0.4) is 0 Å². The van der Waals surface area contributed by atoms with Gasteiger partial charge in [0, 0.05) is 18.8 Å². The second kappa shape index (κ2) is 8.06. The van der Waals surface area contributed by atoms with Crippen LogP contribution in [0.25, 0.3) is 0 Å². The van der Waals surface area contributed by atoms with Crippen molar-refractivity contribution in [1.82, 2.24) is 0 Å². The number of imide groups is 1. The first kappa shape index (κ1) is 20.0. The van der Waals surface area contributed by atoms with Gasteiger partial charge in [0.25, 0.3) is 5.91 Å². The van der Waals surface area contributed by atoms with E-state index in [1.807, 2.05) is 60.7 Å². The third kappa shape index (κ3) is 3.30. The maximum absolute atomic E-state index is 13.6. The molecule has 3 atom stereocenters. The van der Waals surface area contributed by atoms with Gasteiger partial charge >= 0.3 is 0 Å². The van der Waals surface area contributed by atoms with Crippen molar-refractivity contribution in [3.63, 3.8) is 0 Å². The highest BCUT2D eigenvalue weighted by atomic mass is 16.7. The number of hydroxylamine groups is 1. The fourth-order valence-corrected chi connectivity index (χ4v) is 4.85. The van der Waals surface area contributed by atoms with Gasteiger partial charge in [-0.15, -0.1) is 0 Å². The number of carbonyl (C=O) groups is 2. The summed E-state index contributed by atoms with van der Waals surface area (Å²) in [7, 11) is 0. The van der Waals surface area contributed by atoms with E-state index in [-0.39, 0.29) is 11.8 Å². The predicted molar refractivity (Wildman–Crippen MR) is 121 cm³/mol. The Hall–Kier alpha value is -3.62. The van der Waals surface area contributed by atoms with Crippen molar-refractivity contribution in [2.45, 2.75) is 12.1 Å². The van der Waals surface area contributed by atoms with Gasteiger partial charge in [-0.3, -0.25) is 14.4 Å². The molecule has 0 saturated carbocycles. The van der Waals surface area contributed by atoms with Gasteiger partial charge < -0.3 is 14.1 Å². The van der Waals surface area contributed by atoms with E-state index in [1.165, 1.54) is 4.90 Å². The number of rotatable bonds is 4. The Balaban J connectivity index is 1.31. The van der Waals surface area contributed by atoms with Crippen molar-refractivity contribution in [3.8, 4) is 0 Å². The Morgan fingerprint density at radius 3 is 2.18 bits per heavy atom. The van der Waals surface area contributed by atoms with E-state index in [0.29, 0.717) is 24.7 Å². The summed E-state index contributed by atoms with van der Waals surface area (Å²) < 4.78 is 11.1. The smallest absolute Gasteiger partial charge is 0.266 e. The molecule has 0 spiro atoms. The zero-order valence-electron chi connectivity index (χ0n) is 17.9. The molecular formula is C25H23N3O5. The van der Waals surface area contributed by atoms with Crippen LogP contribution in [0.4, 0.5) is 17.1 Å².